The van der Waals surface area contributed by atoms with Gasteiger partial charge in [-0.3, -0.25) is 0 Å². The van der Waals surface area contributed by atoms with E-state index in [0.29, 0.717) is 0 Å². The van der Waals surface area contributed by atoms with Crippen LogP contribution in [0.2, 0.25) is 0 Å². The van der Waals surface area contributed by atoms with E-state index in [0.717, 1.165) is 51.4 Å². The highest BCUT2D eigenvalue weighted by Gasteiger charge is 2.44. The van der Waals surface area contributed by atoms with Crippen molar-refractivity contribution in [1.29, 1.82) is 0 Å². The Labute approximate surface area is 407 Å². The van der Waals surface area contributed by atoms with Crippen molar-refractivity contribution in [3.63, 3.8) is 0 Å². The monoisotopic (exact) mass is 885 g/mol. The van der Waals surface area contributed by atoms with Crippen molar-refractivity contribution in [2.75, 3.05) is 0 Å². The molecule has 0 radical (unpaired) electrons. The predicted octanol–water partition coefficient (Wildman–Crippen LogP) is 19.1. The van der Waals surface area contributed by atoms with Crippen molar-refractivity contribution >= 4 is 0 Å². The summed E-state index contributed by atoms with van der Waals surface area (Å²) in [6.07, 6.45) is 9.04. The van der Waals surface area contributed by atoms with Gasteiger partial charge in [0.15, 0.2) is 0 Å². The molecular formula is C68H68. The van der Waals surface area contributed by atoms with Crippen molar-refractivity contribution < 1.29 is 0 Å². The Morgan fingerprint density at radius 2 is 0.382 bits per heavy atom. The van der Waals surface area contributed by atoms with Gasteiger partial charge in [-0.05, 0) is 187 Å². The Bertz CT molecular complexity index is 2790. The number of fused-ring (bicyclic) bond motifs is 12. The molecule has 0 nitrogen and oxygen atoms in total. The Morgan fingerprint density at radius 3 is 0.574 bits per heavy atom. The van der Waals surface area contributed by atoms with Gasteiger partial charge in [0.1, 0.15) is 0 Å². The SMILES string of the molecule is CCC1(CC)c2ccccc2-c2ccc(-c3ccc4c(c3)C(CC)(CC)c3ccccc3-4)cc21.CCC1(CC)c2ccccc2-c2ccc(-c3ccc4c(c3)C(CC)(CC)c3ccccc3-4)cc21. The Morgan fingerprint density at radius 1 is 0.206 bits per heavy atom. The molecule has 0 unspecified atom stereocenters. The molecule has 68 heavy (non-hydrogen) atoms. The van der Waals surface area contributed by atoms with Crippen LogP contribution < -0.4 is 0 Å². The summed E-state index contributed by atoms with van der Waals surface area (Å²) < 4.78 is 0. The van der Waals surface area contributed by atoms with E-state index in [1.165, 1.54) is 111 Å². The topological polar surface area (TPSA) is 0 Å². The van der Waals surface area contributed by atoms with Gasteiger partial charge in [0.25, 0.3) is 0 Å². The minimum atomic E-state index is 0.117. The third-order valence-corrected chi connectivity index (χ3v) is 18.6. The minimum absolute atomic E-state index is 0.117. The van der Waals surface area contributed by atoms with Crippen LogP contribution in [0.4, 0.5) is 0 Å². The summed E-state index contributed by atoms with van der Waals surface area (Å²) in [4.78, 5) is 0. The first-order valence-corrected chi connectivity index (χ1v) is 26.2. The van der Waals surface area contributed by atoms with Gasteiger partial charge < -0.3 is 0 Å². The zero-order valence-electron chi connectivity index (χ0n) is 41.8. The highest BCUT2D eigenvalue weighted by Crippen LogP contribution is 2.58. The zero-order chi connectivity index (χ0) is 47.0. The summed E-state index contributed by atoms with van der Waals surface area (Å²) in [5.74, 6) is 0. The van der Waals surface area contributed by atoms with E-state index >= 15 is 0 Å². The lowest BCUT2D eigenvalue weighted by atomic mass is 9.72. The average Bonchev–Trinajstić information content (AvgIpc) is 4.07. The molecule has 12 rings (SSSR count). The van der Waals surface area contributed by atoms with Crippen LogP contribution in [-0.4, -0.2) is 0 Å². The molecule has 0 heterocycles. The molecule has 0 atom stereocenters. The lowest BCUT2D eigenvalue weighted by Gasteiger charge is -2.30. The summed E-state index contributed by atoms with van der Waals surface area (Å²) in [6.45, 7) is 18.8. The van der Waals surface area contributed by atoms with E-state index in [9.17, 15) is 0 Å². The molecule has 0 fully saturated rings. The lowest BCUT2D eigenvalue weighted by Crippen LogP contribution is -2.23. The normalized spacial score (nSPS) is 16.0. The smallest absolute Gasteiger partial charge is 0.0210 e. The number of hydrogen-bond acceptors (Lipinski definition) is 0. The van der Waals surface area contributed by atoms with Crippen molar-refractivity contribution in [2.24, 2.45) is 0 Å². The first-order chi connectivity index (χ1) is 33.3. The second kappa shape index (κ2) is 16.8. The average molecular weight is 885 g/mol. The van der Waals surface area contributed by atoms with Gasteiger partial charge in [0, 0.05) is 21.7 Å². The molecule has 4 aliphatic rings. The molecule has 0 aliphatic heterocycles. The first-order valence-electron chi connectivity index (χ1n) is 26.2. The quantitative estimate of drug-likeness (QED) is 0.128. The fraction of sp³-hybridized carbons (Fsp3) is 0.294. The standard InChI is InChI=1S/2C34H34/c2*1-5-33(6-2)29-15-11-9-13-25(29)27-19-17-23(21-31(27)33)24-18-20-28-26-14-10-12-16-30(26)34(7-3,8-4)32(28)22-24/h2*9-22H,5-8H2,1-4H3. The minimum Gasteiger partial charge on any atom is -0.0642 e. The Hall–Kier alpha value is -6.24. The van der Waals surface area contributed by atoms with Gasteiger partial charge in [0.05, 0.1) is 0 Å². The van der Waals surface area contributed by atoms with E-state index in [1.807, 2.05) is 0 Å². The molecule has 0 bridgehead atoms. The molecule has 0 saturated carbocycles. The summed E-state index contributed by atoms with van der Waals surface area (Å²) in [5.41, 5.74) is 29.3. The van der Waals surface area contributed by atoms with Gasteiger partial charge in [-0.25, -0.2) is 0 Å². The molecule has 8 aromatic carbocycles. The third kappa shape index (κ3) is 5.98. The molecule has 0 amide bonds. The van der Waals surface area contributed by atoms with Gasteiger partial charge in [-0.2, -0.15) is 0 Å². The maximum atomic E-state index is 2.51. The van der Waals surface area contributed by atoms with Crippen LogP contribution in [0, 0.1) is 0 Å². The van der Waals surface area contributed by atoms with Gasteiger partial charge in [0.2, 0.25) is 0 Å². The molecule has 8 aromatic rings. The van der Waals surface area contributed by atoms with Crippen molar-refractivity contribution in [2.45, 2.75) is 128 Å². The van der Waals surface area contributed by atoms with Crippen LogP contribution in [0.15, 0.2) is 170 Å². The van der Waals surface area contributed by atoms with Crippen LogP contribution in [-0.2, 0) is 21.7 Å². The van der Waals surface area contributed by atoms with E-state index in [-0.39, 0.29) is 21.7 Å². The van der Waals surface area contributed by atoms with E-state index in [2.05, 4.69) is 225 Å². The molecule has 0 N–H and O–H groups in total. The summed E-state index contributed by atoms with van der Waals surface area (Å²) in [7, 11) is 0. The highest BCUT2D eigenvalue weighted by atomic mass is 14.5. The fourth-order valence-electron chi connectivity index (χ4n) is 14.6. The number of hydrogen-bond donors (Lipinski definition) is 0. The number of rotatable bonds is 10. The molecule has 4 aliphatic carbocycles. The lowest BCUT2D eigenvalue weighted by molar-refractivity contribution is 0.490. The second-order valence-electron chi connectivity index (χ2n) is 20.4. The summed E-state index contributed by atoms with van der Waals surface area (Å²) in [5, 5.41) is 0. The molecule has 0 heteroatoms. The number of benzene rings is 8. The van der Waals surface area contributed by atoms with Crippen LogP contribution in [0.1, 0.15) is 151 Å². The van der Waals surface area contributed by atoms with Crippen LogP contribution in [0.5, 0.6) is 0 Å². The molecule has 340 valence electrons. The van der Waals surface area contributed by atoms with Crippen LogP contribution in [0.25, 0.3) is 66.8 Å². The van der Waals surface area contributed by atoms with Crippen LogP contribution in [0.3, 0.4) is 0 Å². The molecule has 0 saturated heterocycles. The van der Waals surface area contributed by atoms with Crippen molar-refractivity contribution in [3.8, 4) is 66.8 Å². The maximum absolute atomic E-state index is 2.51. The van der Waals surface area contributed by atoms with E-state index in [4.69, 9.17) is 0 Å². The second-order valence-corrected chi connectivity index (χ2v) is 20.4. The van der Waals surface area contributed by atoms with E-state index < -0.39 is 0 Å². The van der Waals surface area contributed by atoms with Gasteiger partial charge >= 0.3 is 0 Å². The summed E-state index contributed by atoms with van der Waals surface area (Å²) >= 11 is 0. The van der Waals surface area contributed by atoms with Crippen molar-refractivity contribution in [3.05, 3.63) is 214 Å². The largest absolute Gasteiger partial charge is 0.0642 e. The molecule has 0 spiro atoms. The van der Waals surface area contributed by atoms with E-state index in [1.54, 1.807) is 0 Å². The van der Waals surface area contributed by atoms with Gasteiger partial charge in [-0.15, -0.1) is 0 Å². The fourth-order valence-corrected chi connectivity index (χ4v) is 14.6. The van der Waals surface area contributed by atoms with Gasteiger partial charge in [-0.1, -0.05) is 201 Å². The Kier molecular flexibility index (Phi) is 10.9. The first kappa shape index (κ1) is 44.3. The third-order valence-electron chi connectivity index (χ3n) is 18.6. The summed E-state index contributed by atoms with van der Waals surface area (Å²) in [6, 6.07) is 65.2. The predicted molar refractivity (Wildman–Crippen MR) is 291 cm³/mol. The van der Waals surface area contributed by atoms with Crippen LogP contribution >= 0.6 is 0 Å². The highest BCUT2D eigenvalue weighted by molar-refractivity contribution is 5.89. The van der Waals surface area contributed by atoms with Crippen molar-refractivity contribution in [1.82, 2.24) is 0 Å². The molecular weight excluding hydrogens is 817 g/mol. The maximum Gasteiger partial charge on any atom is 0.0210 e. The zero-order valence-corrected chi connectivity index (χ0v) is 41.8. The Balaban J connectivity index is 0.000000149. The molecule has 0 aromatic heterocycles.